The van der Waals surface area contributed by atoms with Crippen LogP contribution in [0.25, 0.3) is 0 Å². The van der Waals surface area contributed by atoms with Crippen LogP contribution in [-0.4, -0.2) is 61.4 Å². The molecule has 0 aromatic carbocycles. The third kappa shape index (κ3) is 6.41. The van der Waals surface area contributed by atoms with E-state index in [-0.39, 0.29) is 6.04 Å². The van der Waals surface area contributed by atoms with Crippen molar-refractivity contribution in [3.05, 3.63) is 23.9 Å². The molecule has 9 heteroatoms. The van der Waals surface area contributed by atoms with Crippen LogP contribution < -0.4 is 15.4 Å². The monoisotopic (exact) mass is 359 g/mol. The highest BCUT2D eigenvalue weighted by Crippen LogP contribution is 2.20. The summed E-state index contributed by atoms with van der Waals surface area (Å²) >= 11 is 0. The largest absolute Gasteiger partial charge is 0.481 e. The first-order valence-electron chi connectivity index (χ1n) is 8.23. The van der Waals surface area contributed by atoms with Crippen molar-refractivity contribution in [3.63, 3.8) is 0 Å². The maximum atomic E-state index is 12.5. The van der Waals surface area contributed by atoms with Crippen LogP contribution in [0.5, 0.6) is 5.88 Å². The Morgan fingerprint density at radius 2 is 2.28 bits per heavy atom. The zero-order valence-electron chi connectivity index (χ0n) is 14.4. The van der Waals surface area contributed by atoms with Gasteiger partial charge in [0.05, 0.1) is 20.2 Å². The predicted octanol–water partition coefficient (Wildman–Crippen LogP) is 1.78. The number of pyridine rings is 1. The van der Waals surface area contributed by atoms with Gasteiger partial charge in [0.25, 0.3) is 0 Å². The SMILES string of the molecule is CCNC(=NCc1cccnc1OC)NC1CCN(CC(F)(F)F)C1. The highest BCUT2D eigenvalue weighted by molar-refractivity contribution is 5.80. The summed E-state index contributed by atoms with van der Waals surface area (Å²) in [4.78, 5) is 10.0. The zero-order valence-corrected chi connectivity index (χ0v) is 14.4. The molecule has 0 aliphatic carbocycles. The minimum absolute atomic E-state index is 0.0593. The number of methoxy groups -OCH3 is 1. The summed E-state index contributed by atoms with van der Waals surface area (Å²) in [6, 6.07) is 3.62. The normalized spacial score (nSPS) is 19.1. The van der Waals surface area contributed by atoms with E-state index in [1.54, 1.807) is 19.4 Å². The molecule has 1 atom stereocenters. The fourth-order valence-electron chi connectivity index (χ4n) is 2.75. The first-order valence-corrected chi connectivity index (χ1v) is 8.23. The molecule has 2 N–H and O–H groups in total. The smallest absolute Gasteiger partial charge is 0.401 e. The van der Waals surface area contributed by atoms with Crippen molar-refractivity contribution >= 4 is 5.96 Å². The lowest BCUT2D eigenvalue weighted by molar-refractivity contribution is -0.143. The van der Waals surface area contributed by atoms with Crippen molar-refractivity contribution < 1.29 is 17.9 Å². The number of nitrogens with one attached hydrogen (secondary N) is 2. The summed E-state index contributed by atoms with van der Waals surface area (Å²) in [6.07, 6.45) is -1.87. The van der Waals surface area contributed by atoms with E-state index in [1.807, 2.05) is 13.0 Å². The highest BCUT2D eigenvalue weighted by atomic mass is 19.4. The molecule has 0 bridgehead atoms. The Hall–Kier alpha value is -2.03. The minimum Gasteiger partial charge on any atom is -0.481 e. The van der Waals surface area contributed by atoms with Crippen molar-refractivity contribution in [1.82, 2.24) is 20.5 Å². The summed E-state index contributed by atoms with van der Waals surface area (Å²) in [6.45, 7) is 2.87. The number of nitrogens with zero attached hydrogens (tertiary/aromatic N) is 3. The number of rotatable bonds is 6. The molecule has 0 radical (unpaired) electrons. The van der Waals surface area contributed by atoms with Gasteiger partial charge in [0.2, 0.25) is 5.88 Å². The molecule has 6 nitrogen and oxygen atoms in total. The van der Waals surface area contributed by atoms with Crippen molar-refractivity contribution in [2.24, 2.45) is 4.99 Å². The molecular formula is C16H24F3N5O. The van der Waals surface area contributed by atoms with Crippen LogP contribution in [0.1, 0.15) is 18.9 Å². The molecule has 1 unspecified atom stereocenters. The summed E-state index contributed by atoms with van der Waals surface area (Å²) < 4.78 is 42.6. The van der Waals surface area contributed by atoms with E-state index in [0.717, 1.165) is 5.56 Å². The van der Waals surface area contributed by atoms with E-state index >= 15 is 0 Å². The number of aromatic nitrogens is 1. The third-order valence-electron chi connectivity index (χ3n) is 3.81. The molecule has 1 aromatic heterocycles. The molecule has 1 aliphatic rings. The van der Waals surface area contributed by atoms with Gasteiger partial charge >= 0.3 is 6.18 Å². The van der Waals surface area contributed by atoms with Gasteiger partial charge in [-0.3, -0.25) is 4.90 Å². The van der Waals surface area contributed by atoms with Crippen LogP contribution in [0.2, 0.25) is 0 Å². The maximum Gasteiger partial charge on any atom is 0.401 e. The molecule has 1 saturated heterocycles. The quantitative estimate of drug-likeness (QED) is 0.599. The van der Waals surface area contributed by atoms with Gasteiger partial charge in [0, 0.05) is 37.4 Å². The fraction of sp³-hybridized carbons (Fsp3) is 0.625. The molecule has 2 rings (SSSR count). The number of guanidine groups is 1. The average molecular weight is 359 g/mol. The van der Waals surface area contributed by atoms with E-state index in [1.165, 1.54) is 4.90 Å². The summed E-state index contributed by atoms with van der Waals surface area (Å²) in [5, 5.41) is 6.33. The number of halogens is 3. The number of likely N-dealkylation sites (tertiary alicyclic amines) is 1. The lowest BCUT2D eigenvalue weighted by Gasteiger charge is -2.19. The molecule has 0 saturated carbocycles. The molecule has 0 spiro atoms. The van der Waals surface area contributed by atoms with Crippen LogP contribution in [0.3, 0.4) is 0 Å². The van der Waals surface area contributed by atoms with E-state index in [0.29, 0.717) is 44.4 Å². The number of hydrogen-bond donors (Lipinski definition) is 2. The summed E-state index contributed by atoms with van der Waals surface area (Å²) in [5.41, 5.74) is 0.840. The summed E-state index contributed by atoms with van der Waals surface area (Å²) in [5.74, 6) is 1.09. The fourth-order valence-corrected chi connectivity index (χ4v) is 2.75. The Morgan fingerprint density at radius 3 is 2.96 bits per heavy atom. The van der Waals surface area contributed by atoms with E-state index < -0.39 is 12.7 Å². The van der Waals surface area contributed by atoms with Gasteiger partial charge in [-0.2, -0.15) is 13.2 Å². The topological polar surface area (TPSA) is 61.8 Å². The first kappa shape index (κ1) is 19.3. The van der Waals surface area contributed by atoms with Crippen molar-refractivity contribution in [2.45, 2.75) is 32.1 Å². The molecule has 1 aromatic rings. The van der Waals surface area contributed by atoms with Gasteiger partial charge in [-0.05, 0) is 19.4 Å². The Morgan fingerprint density at radius 1 is 1.48 bits per heavy atom. The van der Waals surface area contributed by atoms with Gasteiger partial charge in [0.15, 0.2) is 5.96 Å². The van der Waals surface area contributed by atoms with Crippen LogP contribution in [0.4, 0.5) is 13.2 Å². The standard InChI is InChI=1S/C16H24F3N5O/c1-3-20-15(22-9-12-5-4-7-21-14(12)25-2)23-13-6-8-24(10-13)11-16(17,18)19/h4-5,7,13H,3,6,8-11H2,1-2H3,(H2,20,22,23). The van der Waals surface area contributed by atoms with Crippen molar-refractivity contribution in [1.29, 1.82) is 0 Å². The van der Waals surface area contributed by atoms with Gasteiger partial charge in [-0.25, -0.2) is 9.98 Å². The van der Waals surface area contributed by atoms with E-state index in [9.17, 15) is 13.2 Å². The molecule has 0 amide bonds. The van der Waals surface area contributed by atoms with Crippen molar-refractivity contribution in [2.75, 3.05) is 33.3 Å². The molecule has 25 heavy (non-hydrogen) atoms. The third-order valence-corrected chi connectivity index (χ3v) is 3.81. The van der Waals surface area contributed by atoms with Gasteiger partial charge in [-0.15, -0.1) is 0 Å². The second-order valence-corrected chi connectivity index (χ2v) is 5.85. The first-order chi connectivity index (χ1) is 11.9. The van der Waals surface area contributed by atoms with Crippen LogP contribution in [-0.2, 0) is 6.54 Å². The second kappa shape index (κ2) is 8.89. The molecule has 1 fully saturated rings. The lowest BCUT2D eigenvalue weighted by Crippen LogP contribution is -2.45. The van der Waals surface area contributed by atoms with Gasteiger partial charge in [0.1, 0.15) is 0 Å². The zero-order chi connectivity index (χ0) is 18.3. The number of ether oxygens (including phenoxy) is 1. The minimum atomic E-state index is -4.16. The van der Waals surface area contributed by atoms with Gasteiger partial charge in [-0.1, -0.05) is 6.07 Å². The Kier molecular flexibility index (Phi) is 6.86. The Labute approximate surface area is 145 Å². The van der Waals surface area contributed by atoms with Crippen LogP contribution in [0.15, 0.2) is 23.3 Å². The van der Waals surface area contributed by atoms with E-state index in [4.69, 9.17) is 4.74 Å². The van der Waals surface area contributed by atoms with Crippen LogP contribution in [0, 0.1) is 0 Å². The Bertz CT molecular complexity index is 579. The average Bonchev–Trinajstić information content (AvgIpc) is 2.98. The lowest BCUT2D eigenvalue weighted by atomic mass is 10.2. The summed E-state index contributed by atoms with van der Waals surface area (Å²) in [7, 11) is 1.55. The van der Waals surface area contributed by atoms with E-state index in [2.05, 4.69) is 20.6 Å². The molecule has 1 aliphatic heterocycles. The number of alkyl halides is 3. The van der Waals surface area contributed by atoms with Crippen molar-refractivity contribution in [3.8, 4) is 5.88 Å². The second-order valence-electron chi connectivity index (χ2n) is 5.85. The van der Waals surface area contributed by atoms with Crippen LogP contribution >= 0.6 is 0 Å². The molecular weight excluding hydrogens is 335 g/mol. The molecule has 2 heterocycles. The maximum absolute atomic E-state index is 12.5. The predicted molar refractivity (Wildman–Crippen MR) is 89.6 cm³/mol. The highest BCUT2D eigenvalue weighted by Gasteiger charge is 2.34. The number of aliphatic imine (C=N–C) groups is 1. The number of hydrogen-bond acceptors (Lipinski definition) is 4. The molecule has 140 valence electrons. The Balaban J connectivity index is 1.94. The van der Waals surface area contributed by atoms with Gasteiger partial charge < -0.3 is 15.4 Å².